The van der Waals surface area contributed by atoms with Gasteiger partial charge in [0.2, 0.25) is 5.91 Å². The molecule has 1 saturated carbocycles. The van der Waals surface area contributed by atoms with E-state index < -0.39 is 0 Å². The number of aromatic nitrogens is 1. The van der Waals surface area contributed by atoms with Crippen molar-refractivity contribution in [2.45, 2.75) is 57.5 Å². The van der Waals surface area contributed by atoms with Gasteiger partial charge in [0.25, 0.3) is 5.91 Å². The molecule has 0 N–H and O–H groups in total. The summed E-state index contributed by atoms with van der Waals surface area (Å²) in [7, 11) is 0. The molecule has 1 aromatic carbocycles. The van der Waals surface area contributed by atoms with E-state index >= 15 is 0 Å². The third-order valence-corrected chi connectivity index (χ3v) is 8.13. The zero-order valence-corrected chi connectivity index (χ0v) is 19.3. The van der Waals surface area contributed by atoms with Gasteiger partial charge in [-0.1, -0.05) is 37.1 Å². The summed E-state index contributed by atoms with van der Waals surface area (Å²) in [6.07, 6.45) is 7.16. The van der Waals surface area contributed by atoms with Gasteiger partial charge in [0.1, 0.15) is 0 Å². The van der Waals surface area contributed by atoms with Crippen LogP contribution in [0.2, 0.25) is 0 Å². The lowest BCUT2D eigenvalue weighted by Crippen LogP contribution is -2.38. The lowest BCUT2D eigenvalue weighted by atomic mass is 9.94. The first-order chi connectivity index (χ1) is 15.6. The van der Waals surface area contributed by atoms with Crippen LogP contribution < -0.4 is 0 Å². The summed E-state index contributed by atoms with van der Waals surface area (Å²) < 4.78 is 1.15. The van der Waals surface area contributed by atoms with Gasteiger partial charge in [-0.3, -0.25) is 14.6 Å². The van der Waals surface area contributed by atoms with Gasteiger partial charge in [0, 0.05) is 42.9 Å². The minimum Gasteiger partial charge on any atom is -0.342 e. The largest absolute Gasteiger partial charge is 0.342 e. The second-order valence-corrected chi connectivity index (χ2v) is 10.0. The van der Waals surface area contributed by atoms with E-state index in [0.29, 0.717) is 13.1 Å². The van der Waals surface area contributed by atoms with Gasteiger partial charge in [-0.2, -0.15) is 0 Å². The van der Waals surface area contributed by atoms with Gasteiger partial charge in [-0.05, 0) is 48.4 Å². The molecule has 32 heavy (non-hydrogen) atoms. The minimum atomic E-state index is 0.114. The Hall–Kier alpha value is -2.73. The summed E-state index contributed by atoms with van der Waals surface area (Å²) in [5.41, 5.74) is 2.07. The quantitative estimate of drug-likeness (QED) is 0.539. The van der Waals surface area contributed by atoms with Gasteiger partial charge in [0.05, 0.1) is 17.1 Å². The van der Waals surface area contributed by atoms with Crippen LogP contribution in [-0.4, -0.2) is 45.7 Å². The Morgan fingerprint density at radius 2 is 1.88 bits per heavy atom. The number of carbonyl (C=O) groups excluding carboxylic acids is 2. The van der Waals surface area contributed by atoms with Crippen molar-refractivity contribution >= 4 is 33.2 Å². The van der Waals surface area contributed by atoms with E-state index in [1.165, 1.54) is 18.2 Å². The molecule has 1 aliphatic heterocycles. The molecule has 0 unspecified atom stereocenters. The van der Waals surface area contributed by atoms with Crippen molar-refractivity contribution in [3.63, 3.8) is 0 Å². The lowest BCUT2D eigenvalue weighted by molar-refractivity contribution is -0.127. The van der Waals surface area contributed by atoms with Crippen LogP contribution in [0.1, 0.15) is 65.9 Å². The second kappa shape index (κ2) is 9.02. The summed E-state index contributed by atoms with van der Waals surface area (Å²) >= 11 is 1.61. The van der Waals surface area contributed by atoms with E-state index in [0.717, 1.165) is 46.6 Å². The highest BCUT2D eigenvalue weighted by atomic mass is 32.1. The van der Waals surface area contributed by atoms with Gasteiger partial charge < -0.3 is 9.80 Å². The van der Waals surface area contributed by atoms with Crippen molar-refractivity contribution in [3.05, 3.63) is 64.8 Å². The number of rotatable bonds is 5. The van der Waals surface area contributed by atoms with E-state index in [4.69, 9.17) is 0 Å². The smallest absolute Gasteiger partial charge is 0.264 e. The van der Waals surface area contributed by atoms with E-state index in [1.807, 2.05) is 35.2 Å². The number of hydrogen-bond acceptors (Lipinski definition) is 4. The fraction of sp³-hybridized carbons (Fsp3) is 0.423. The Labute approximate surface area is 193 Å². The van der Waals surface area contributed by atoms with Crippen molar-refractivity contribution in [1.29, 1.82) is 0 Å². The summed E-state index contributed by atoms with van der Waals surface area (Å²) in [6, 6.07) is 14.5. The van der Waals surface area contributed by atoms with Gasteiger partial charge in [0.15, 0.2) is 0 Å². The number of fused-ring (bicyclic) bond motifs is 1. The van der Waals surface area contributed by atoms with Crippen LogP contribution in [0.3, 0.4) is 0 Å². The molecule has 2 fully saturated rings. The number of hydrogen-bond donors (Lipinski definition) is 0. The molecule has 2 aliphatic rings. The SMILES string of the molecule is CC(=O)N1CC[C@H](c2c(C(=O)N(Cc3ccccn3)C3CCCC3)sc3ccccc23)C1. The molecule has 3 heterocycles. The number of amides is 2. The molecule has 0 spiro atoms. The average molecular weight is 448 g/mol. The van der Waals surface area contributed by atoms with Crippen LogP contribution in [0, 0.1) is 0 Å². The first-order valence-corrected chi connectivity index (χ1v) is 12.4. The van der Waals surface area contributed by atoms with Crippen molar-refractivity contribution < 1.29 is 9.59 Å². The molecule has 3 aromatic rings. The highest BCUT2D eigenvalue weighted by molar-refractivity contribution is 7.21. The first-order valence-electron chi connectivity index (χ1n) is 11.6. The Balaban J connectivity index is 1.54. The van der Waals surface area contributed by atoms with Crippen LogP contribution in [0.4, 0.5) is 0 Å². The standard InChI is InChI=1S/C26H29N3O2S/c1-18(30)28-15-13-19(16-28)24-22-11-4-5-12-23(22)32-25(24)26(31)29(21-9-2-3-10-21)17-20-8-6-7-14-27-20/h4-8,11-12,14,19,21H,2-3,9-10,13,15-17H2,1H3/t19-/m0/s1. The minimum absolute atomic E-state index is 0.114. The second-order valence-electron chi connectivity index (χ2n) is 8.98. The number of nitrogens with zero attached hydrogens (tertiary/aromatic N) is 3. The van der Waals surface area contributed by atoms with Crippen molar-refractivity contribution in [2.24, 2.45) is 0 Å². The van der Waals surface area contributed by atoms with Crippen LogP contribution in [0.5, 0.6) is 0 Å². The number of thiophene rings is 1. The molecule has 1 atom stereocenters. The monoisotopic (exact) mass is 447 g/mol. The maximum Gasteiger partial charge on any atom is 0.264 e. The fourth-order valence-electron chi connectivity index (χ4n) is 5.29. The van der Waals surface area contributed by atoms with Gasteiger partial charge >= 0.3 is 0 Å². The lowest BCUT2D eigenvalue weighted by Gasteiger charge is -2.29. The van der Waals surface area contributed by atoms with E-state index in [2.05, 4.69) is 22.0 Å². The summed E-state index contributed by atoms with van der Waals surface area (Å²) in [4.78, 5) is 35.4. The summed E-state index contributed by atoms with van der Waals surface area (Å²) in [5.74, 6) is 0.442. The highest BCUT2D eigenvalue weighted by Gasteiger charge is 2.35. The normalized spacial score (nSPS) is 19.0. The maximum absolute atomic E-state index is 14.1. The molecular formula is C26H29N3O2S. The molecule has 0 radical (unpaired) electrons. The Bertz CT molecular complexity index is 1120. The van der Waals surface area contributed by atoms with E-state index in [1.54, 1.807) is 24.5 Å². The Morgan fingerprint density at radius 3 is 2.59 bits per heavy atom. The zero-order valence-electron chi connectivity index (χ0n) is 18.5. The van der Waals surface area contributed by atoms with Gasteiger partial charge in [-0.15, -0.1) is 11.3 Å². The molecule has 166 valence electrons. The Kier molecular flexibility index (Phi) is 5.96. The van der Waals surface area contributed by atoms with Crippen LogP contribution in [0.25, 0.3) is 10.1 Å². The predicted molar refractivity (Wildman–Crippen MR) is 128 cm³/mol. The number of benzene rings is 1. The third kappa shape index (κ3) is 4.04. The number of likely N-dealkylation sites (tertiary alicyclic amines) is 1. The van der Waals surface area contributed by atoms with Crippen molar-refractivity contribution in [1.82, 2.24) is 14.8 Å². The van der Waals surface area contributed by atoms with Gasteiger partial charge in [-0.25, -0.2) is 0 Å². The summed E-state index contributed by atoms with van der Waals surface area (Å²) in [6.45, 7) is 3.63. The Morgan fingerprint density at radius 1 is 1.09 bits per heavy atom. The molecular weight excluding hydrogens is 418 g/mol. The van der Waals surface area contributed by atoms with Crippen molar-refractivity contribution in [2.75, 3.05) is 13.1 Å². The fourth-order valence-corrected chi connectivity index (χ4v) is 6.54. The van der Waals surface area contributed by atoms with Crippen LogP contribution in [-0.2, 0) is 11.3 Å². The van der Waals surface area contributed by atoms with Crippen molar-refractivity contribution in [3.8, 4) is 0 Å². The topological polar surface area (TPSA) is 53.5 Å². The number of carbonyl (C=O) groups is 2. The molecule has 5 rings (SSSR count). The first kappa shape index (κ1) is 21.1. The molecule has 1 aliphatic carbocycles. The highest BCUT2D eigenvalue weighted by Crippen LogP contribution is 2.41. The predicted octanol–water partition coefficient (Wildman–Crippen LogP) is 5.22. The molecule has 2 aromatic heterocycles. The molecule has 1 saturated heterocycles. The zero-order chi connectivity index (χ0) is 22.1. The maximum atomic E-state index is 14.1. The molecule has 6 heteroatoms. The third-order valence-electron chi connectivity index (χ3n) is 6.95. The molecule has 5 nitrogen and oxygen atoms in total. The number of pyridine rings is 1. The average Bonchev–Trinajstić information content (AvgIpc) is 3.57. The van der Waals surface area contributed by atoms with Crippen LogP contribution >= 0.6 is 11.3 Å². The molecule has 2 amide bonds. The van der Waals surface area contributed by atoms with Crippen LogP contribution in [0.15, 0.2) is 48.7 Å². The molecule has 0 bridgehead atoms. The van der Waals surface area contributed by atoms with E-state index in [9.17, 15) is 9.59 Å². The van der Waals surface area contributed by atoms with E-state index in [-0.39, 0.29) is 23.8 Å². The summed E-state index contributed by atoms with van der Waals surface area (Å²) in [5, 5.41) is 1.17.